The molecule has 0 radical (unpaired) electrons. The minimum atomic E-state index is -1.69. The maximum Gasteiger partial charge on any atom is 0.496 e. The monoisotopic (exact) mass is 432 g/mol. The molecule has 2 N–H and O–H groups in total. The molecular formula is C24H37BO6. The Bertz CT molecular complexity index is 618. The van der Waals surface area contributed by atoms with Crippen LogP contribution in [0.25, 0.3) is 0 Å². The van der Waals surface area contributed by atoms with Crippen molar-refractivity contribution in [3.8, 4) is 11.5 Å². The van der Waals surface area contributed by atoms with Crippen LogP contribution in [0.2, 0.25) is 0 Å². The van der Waals surface area contributed by atoms with E-state index in [1.807, 2.05) is 12.2 Å². The van der Waals surface area contributed by atoms with Crippen LogP contribution in [0.4, 0.5) is 0 Å². The molecule has 1 aromatic carbocycles. The molecule has 1 unspecified atom stereocenters. The van der Waals surface area contributed by atoms with Crippen LogP contribution in [-0.4, -0.2) is 43.3 Å². The maximum atomic E-state index is 10.0. The second kappa shape index (κ2) is 15.1. The molecule has 1 fully saturated rings. The van der Waals surface area contributed by atoms with E-state index in [0.29, 0.717) is 31.3 Å². The fourth-order valence-electron chi connectivity index (χ4n) is 3.41. The predicted molar refractivity (Wildman–Crippen MR) is 124 cm³/mol. The molecule has 0 spiro atoms. The van der Waals surface area contributed by atoms with E-state index in [1.165, 1.54) is 0 Å². The summed E-state index contributed by atoms with van der Waals surface area (Å²) < 4.78 is 23.4. The molecule has 31 heavy (non-hydrogen) atoms. The van der Waals surface area contributed by atoms with Crippen molar-refractivity contribution in [2.75, 3.05) is 19.8 Å². The molecule has 172 valence electrons. The summed E-state index contributed by atoms with van der Waals surface area (Å²) in [6, 6.07) is 3.60. The minimum absolute atomic E-state index is 0.205. The molecule has 7 heteroatoms. The molecule has 0 saturated carbocycles. The van der Waals surface area contributed by atoms with Crippen LogP contribution in [0, 0.1) is 0 Å². The number of unbranched alkanes of at least 4 members (excludes halogenated alkanes) is 4. The van der Waals surface area contributed by atoms with Crippen LogP contribution >= 0.6 is 0 Å². The van der Waals surface area contributed by atoms with Gasteiger partial charge in [0.2, 0.25) is 0 Å². The maximum absolute atomic E-state index is 10.0. The van der Waals surface area contributed by atoms with Crippen LogP contribution < -0.4 is 14.9 Å². The summed E-state index contributed by atoms with van der Waals surface area (Å²) in [5.74, 6) is 0.834. The van der Waals surface area contributed by atoms with Gasteiger partial charge in [0.1, 0.15) is 11.5 Å². The Balaban J connectivity index is 2.11. The van der Waals surface area contributed by atoms with E-state index >= 15 is 0 Å². The highest BCUT2D eigenvalue weighted by Gasteiger charge is 2.25. The second-order valence-electron chi connectivity index (χ2n) is 7.75. The van der Waals surface area contributed by atoms with Crippen LogP contribution in [0.3, 0.4) is 0 Å². The smallest absolute Gasteiger partial charge is 0.494 e. The summed E-state index contributed by atoms with van der Waals surface area (Å²) in [5.41, 5.74) is 1.10. The third-order valence-corrected chi connectivity index (χ3v) is 5.12. The quantitative estimate of drug-likeness (QED) is 0.235. The third-order valence-electron chi connectivity index (χ3n) is 5.12. The second-order valence-corrected chi connectivity index (χ2v) is 7.75. The van der Waals surface area contributed by atoms with E-state index in [-0.39, 0.29) is 11.8 Å². The summed E-state index contributed by atoms with van der Waals surface area (Å²) in [7, 11) is -1.69. The zero-order chi connectivity index (χ0) is 22.3. The van der Waals surface area contributed by atoms with Crippen LogP contribution in [-0.2, 0) is 16.1 Å². The van der Waals surface area contributed by atoms with E-state index in [9.17, 15) is 10.0 Å². The zero-order valence-electron chi connectivity index (χ0n) is 18.6. The van der Waals surface area contributed by atoms with Gasteiger partial charge in [0.05, 0.1) is 25.3 Å². The number of rotatable bonds is 16. The van der Waals surface area contributed by atoms with E-state index < -0.39 is 7.12 Å². The molecule has 1 aromatic rings. The van der Waals surface area contributed by atoms with Gasteiger partial charge in [-0.2, -0.15) is 0 Å². The van der Waals surface area contributed by atoms with Crippen molar-refractivity contribution in [2.24, 2.45) is 0 Å². The van der Waals surface area contributed by atoms with Gasteiger partial charge in [-0.05, 0) is 75.5 Å². The molecule has 1 heterocycles. The standard InChI is InChI=1S/C24H37BO6/c1-3-5-7-10-14-28-21-17-20(19-31-23-13-9-12-16-30-23)18-22(24(21)25(26)27)29-15-11-8-6-4-2/h3-4,17-18,23,26-27H,1-2,5-16,19H2. The molecule has 1 aliphatic rings. The van der Waals surface area contributed by atoms with Crippen molar-refractivity contribution < 1.29 is 29.0 Å². The number of allylic oxidation sites excluding steroid dienone is 2. The first-order valence-corrected chi connectivity index (χ1v) is 11.4. The number of benzene rings is 1. The normalized spacial score (nSPS) is 16.0. The van der Waals surface area contributed by atoms with Gasteiger partial charge in [-0.3, -0.25) is 0 Å². The van der Waals surface area contributed by atoms with Crippen LogP contribution in [0.5, 0.6) is 11.5 Å². The molecule has 0 aliphatic carbocycles. The molecule has 2 rings (SSSR count). The lowest BCUT2D eigenvalue weighted by Gasteiger charge is -2.23. The Hall–Kier alpha value is -1.80. The predicted octanol–water partition coefficient (Wildman–Crippen LogP) is 3.88. The molecular weight excluding hydrogens is 395 g/mol. The highest BCUT2D eigenvalue weighted by molar-refractivity contribution is 6.61. The van der Waals surface area contributed by atoms with Gasteiger partial charge in [-0.1, -0.05) is 12.2 Å². The van der Waals surface area contributed by atoms with Crippen molar-refractivity contribution in [3.05, 3.63) is 43.0 Å². The average molecular weight is 432 g/mol. The van der Waals surface area contributed by atoms with Gasteiger partial charge in [-0.15, -0.1) is 13.2 Å². The Morgan fingerprint density at radius 1 is 0.968 bits per heavy atom. The highest BCUT2D eigenvalue weighted by Crippen LogP contribution is 2.24. The van der Waals surface area contributed by atoms with Gasteiger partial charge >= 0.3 is 7.12 Å². The van der Waals surface area contributed by atoms with Crippen molar-refractivity contribution >= 4 is 12.6 Å². The highest BCUT2D eigenvalue weighted by atomic mass is 16.7. The summed E-state index contributed by atoms with van der Waals surface area (Å²) >= 11 is 0. The molecule has 1 saturated heterocycles. The molecule has 1 aliphatic heterocycles. The lowest BCUT2D eigenvalue weighted by molar-refractivity contribution is -0.168. The van der Waals surface area contributed by atoms with Gasteiger partial charge in [-0.25, -0.2) is 0 Å². The molecule has 1 atom stereocenters. The van der Waals surface area contributed by atoms with E-state index in [2.05, 4.69) is 13.2 Å². The van der Waals surface area contributed by atoms with Crippen LogP contribution in [0.15, 0.2) is 37.4 Å². The zero-order valence-corrected chi connectivity index (χ0v) is 18.6. The van der Waals surface area contributed by atoms with Crippen molar-refractivity contribution in [1.82, 2.24) is 0 Å². The first-order chi connectivity index (χ1) is 15.2. The van der Waals surface area contributed by atoms with Crippen LogP contribution in [0.1, 0.15) is 63.4 Å². The lowest BCUT2D eigenvalue weighted by atomic mass is 9.78. The summed E-state index contributed by atoms with van der Waals surface area (Å²) in [6.07, 6.45) is 12.1. The molecule has 6 nitrogen and oxygen atoms in total. The Labute approximate surface area is 187 Å². The van der Waals surface area contributed by atoms with Crippen molar-refractivity contribution in [2.45, 2.75) is 70.7 Å². The first kappa shape index (κ1) is 25.5. The number of ether oxygens (including phenoxy) is 4. The lowest BCUT2D eigenvalue weighted by Crippen LogP contribution is -2.34. The summed E-state index contributed by atoms with van der Waals surface area (Å²) in [4.78, 5) is 0. The SMILES string of the molecule is C=CCCCCOc1cc(COC2CCCCO2)cc(OCCCCC=C)c1B(O)O. The number of hydrogen-bond acceptors (Lipinski definition) is 6. The van der Waals surface area contributed by atoms with E-state index in [1.54, 1.807) is 12.1 Å². The van der Waals surface area contributed by atoms with Gasteiger partial charge in [0.15, 0.2) is 6.29 Å². The van der Waals surface area contributed by atoms with E-state index in [0.717, 1.165) is 70.0 Å². The average Bonchev–Trinajstić information content (AvgIpc) is 2.77. The first-order valence-electron chi connectivity index (χ1n) is 11.4. The summed E-state index contributed by atoms with van der Waals surface area (Å²) in [6.45, 7) is 9.47. The third kappa shape index (κ3) is 9.48. The van der Waals surface area contributed by atoms with Gasteiger partial charge in [0, 0.05) is 6.61 Å². The Kier molecular flexibility index (Phi) is 12.4. The van der Waals surface area contributed by atoms with Crippen molar-refractivity contribution in [3.63, 3.8) is 0 Å². The number of hydrogen-bond donors (Lipinski definition) is 2. The Morgan fingerprint density at radius 3 is 2.06 bits per heavy atom. The van der Waals surface area contributed by atoms with Gasteiger partial charge in [0.25, 0.3) is 0 Å². The Morgan fingerprint density at radius 2 is 1.58 bits per heavy atom. The molecule has 0 amide bonds. The van der Waals surface area contributed by atoms with Crippen molar-refractivity contribution in [1.29, 1.82) is 0 Å². The largest absolute Gasteiger partial charge is 0.496 e. The molecule has 0 aromatic heterocycles. The minimum Gasteiger partial charge on any atom is -0.494 e. The topological polar surface area (TPSA) is 77.4 Å². The van der Waals surface area contributed by atoms with Gasteiger partial charge < -0.3 is 29.0 Å². The fraction of sp³-hybridized carbons (Fsp3) is 0.583. The molecule has 0 bridgehead atoms. The summed E-state index contributed by atoms with van der Waals surface area (Å²) in [5, 5.41) is 20.0. The fourth-order valence-corrected chi connectivity index (χ4v) is 3.41. The van der Waals surface area contributed by atoms with E-state index in [4.69, 9.17) is 18.9 Å².